The Morgan fingerprint density at radius 2 is 2.21 bits per heavy atom. The molecule has 8 heteroatoms. The first-order valence-corrected chi connectivity index (χ1v) is 5.80. The van der Waals surface area contributed by atoms with E-state index in [4.69, 9.17) is 4.74 Å². The molecular formula is C11H14F3N3O2. The zero-order valence-corrected chi connectivity index (χ0v) is 10.2. The Bertz CT molecular complexity index is 438. The lowest BCUT2D eigenvalue weighted by Gasteiger charge is -2.26. The Kier molecular flexibility index (Phi) is 3.64. The molecule has 1 aromatic heterocycles. The van der Waals surface area contributed by atoms with E-state index < -0.39 is 17.5 Å². The van der Waals surface area contributed by atoms with Crippen LogP contribution in [0, 0.1) is 0 Å². The summed E-state index contributed by atoms with van der Waals surface area (Å²) in [7, 11) is 0. The molecule has 0 saturated carbocycles. The van der Waals surface area contributed by atoms with Crippen molar-refractivity contribution in [3.63, 3.8) is 0 Å². The molecule has 0 aliphatic carbocycles. The number of rotatable bonds is 3. The number of halogens is 3. The average molecular weight is 277 g/mol. The maximum atomic E-state index is 12.3. The van der Waals surface area contributed by atoms with Gasteiger partial charge in [0.15, 0.2) is 5.69 Å². The standard InChI is InChI=1S/C11H14F3N3O2/c1-7-10(18,4-5-19-7)6-15-9-3-2-8(16-17-9)11(12,13)14/h2-3,7,18H,4-6H2,1H3,(H,15,17). The van der Waals surface area contributed by atoms with Crippen molar-refractivity contribution in [2.24, 2.45) is 0 Å². The fraction of sp³-hybridized carbons (Fsp3) is 0.636. The highest BCUT2D eigenvalue weighted by Crippen LogP contribution is 2.28. The molecule has 1 fully saturated rings. The quantitative estimate of drug-likeness (QED) is 0.875. The molecule has 2 heterocycles. The molecule has 2 N–H and O–H groups in total. The van der Waals surface area contributed by atoms with Crippen molar-refractivity contribution >= 4 is 5.82 Å². The van der Waals surface area contributed by atoms with Gasteiger partial charge in [0.05, 0.1) is 6.10 Å². The molecule has 0 aromatic carbocycles. The molecule has 106 valence electrons. The van der Waals surface area contributed by atoms with Gasteiger partial charge in [0.2, 0.25) is 0 Å². The summed E-state index contributed by atoms with van der Waals surface area (Å²) in [6.45, 7) is 2.35. The summed E-state index contributed by atoms with van der Waals surface area (Å²) in [4.78, 5) is 0. The first-order chi connectivity index (χ1) is 8.81. The van der Waals surface area contributed by atoms with Gasteiger partial charge < -0.3 is 15.2 Å². The lowest BCUT2D eigenvalue weighted by molar-refractivity contribution is -0.141. The van der Waals surface area contributed by atoms with Crippen molar-refractivity contribution in [2.45, 2.75) is 31.2 Å². The topological polar surface area (TPSA) is 67.3 Å². The molecule has 0 amide bonds. The maximum Gasteiger partial charge on any atom is 0.435 e. The molecule has 0 radical (unpaired) electrons. The highest BCUT2D eigenvalue weighted by atomic mass is 19.4. The van der Waals surface area contributed by atoms with Gasteiger partial charge in [-0.05, 0) is 19.1 Å². The number of anilines is 1. The van der Waals surface area contributed by atoms with Crippen molar-refractivity contribution in [2.75, 3.05) is 18.5 Å². The van der Waals surface area contributed by atoms with Crippen LogP contribution in [0.3, 0.4) is 0 Å². The van der Waals surface area contributed by atoms with Crippen LogP contribution in [0.15, 0.2) is 12.1 Å². The second-order valence-corrected chi connectivity index (χ2v) is 4.52. The van der Waals surface area contributed by atoms with Gasteiger partial charge in [0.25, 0.3) is 0 Å². The first kappa shape index (κ1) is 14.0. The number of aromatic nitrogens is 2. The predicted molar refractivity (Wildman–Crippen MR) is 60.5 cm³/mol. The van der Waals surface area contributed by atoms with E-state index in [1.165, 1.54) is 6.07 Å². The zero-order valence-electron chi connectivity index (χ0n) is 10.2. The lowest BCUT2D eigenvalue weighted by atomic mass is 9.97. The van der Waals surface area contributed by atoms with E-state index in [-0.39, 0.29) is 18.5 Å². The summed E-state index contributed by atoms with van der Waals surface area (Å²) in [6.07, 6.45) is -4.37. The summed E-state index contributed by atoms with van der Waals surface area (Å²) in [5, 5.41) is 19.5. The van der Waals surface area contributed by atoms with Gasteiger partial charge in [-0.15, -0.1) is 10.2 Å². The van der Waals surface area contributed by atoms with Gasteiger partial charge in [0, 0.05) is 19.6 Å². The SMILES string of the molecule is CC1OCCC1(O)CNc1ccc(C(F)(F)F)nn1. The van der Waals surface area contributed by atoms with Crippen LogP contribution in [0.1, 0.15) is 19.0 Å². The third-order valence-electron chi connectivity index (χ3n) is 3.19. The largest absolute Gasteiger partial charge is 0.435 e. The van der Waals surface area contributed by atoms with E-state index in [2.05, 4.69) is 15.5 Å². The van der Waals surface area contributed by atoms with Crippen molar-refractivity contribution < 1.29 is 23.0 Å². The second kappa shape index (κ2) is 4.93. The van der Waals surface area contributed by atoms with E-state index >= 15 is 0 Å². The zero-order chi connectivity index (χ0) is 14.1. The molecule has 1 aliphatic rings. The van der Waals surface area contributed by atoms with Gasteiger partial charge in [0.1, 0.15) is 11.4 Å². The van der Waals surface area contributed by atoms with Crippen molar-refractivity contribution in [3.05, 3.63) is 17.8 Å². The highest BCUT2D eigenvalue weighted by Gasteiger charge is 2.39. The van der Waals surface area contributed by atoms with Crippen molar-refractivity contribution in [3.8, 4) is 0 Å². The number of hydrogen-bond acceptors (Lipinski definition) is 5. The third-order valence-corrected chi connectivity index (χ3v) is 3.19. The molecule has 0 spiro atoms. The number of ether oxygens (including phenoxy) is 1. The molecule has 1 aliphatic heterocycles. The molecular weight excluding hydrogens is 263 g/mol. The van der Waals surface area contributed by atoms with Crippen LogP contribution in [-0.4, -0.2) is 40.2 Å². The van der Waals surface area contributed by atoms with Gasteiger partial charge in [-0.2, -0.15) is 13.2 Å². The van der Waals surface area contributed by atoms with Gasteiger partial charge in [-0.3, -0.25) is 0 Å². The van der Waals surface area contributed by atoms with Crippen LogP contribution in [0.4, 0.5) is 19.0 Å². The number of hydrogen-bond donors (Lipinski definition) is 2. The summed E-state index contributed by atoms with van der Waals surface area (Å²) in [5.74, 6) is 0.181. The predicted octanol–water partition coefficient (Wildman–Crippen LogP) is 1.45. The molecule has 19 heavy (non-hydrogen) atoms. The van der Waals surface area contributed by atoms with Crippen LogP contribution < -0.4 is 5.32 Å². The molecule has 1 saturated heterocycles. The molecule has 2 atom stereocenters. The van der Waals surface area contributed by atoms with E-state index in [9.17, 15) is 18.3 Å². The summed E-state index contributed by atoms with van der Waals surface area (Å²) in [6, 6.07) is 2.02. The first-order valence-electron chi connectivity index (χ1n) is 5.80. The van der Waals surface area contributed by atoms with E-state index in [0.717, 1.165) is 6.07 Å². The van der Waals surface area contributed by atoms with Gasteiger partial charge >= 0.3 is 6.18 Å². The second-order valence-electron chi connectivity index (χ2n) is 4.52. The van der Waals surface area contributed by atoms with Crippen LogP contribution in [-0.2, 0) is 10.9 Å². The van der Waals surface area contributed by atoms with E-state index in [1.807, 2.05) is 0 Å². The Morgan fingerprint density at radius 1 is 1.47 bits per heavy atom. The van der Waals surface area contributed by atoms with E-state index in [0.29, 0.717) is 13.0 Å². The smallest absolute Gasteiger partial charge is 0.385 e. The third kappa shape index (κ3) is 3.13. The van der Waals surface area contributed by atoms with Gasteiger partial charge in [-0.25, -0.2) is 0 Å². The Labute approximate surface area is 107 Å². The summed E-state index contributed by atoms with van der Waals surface area (Å²) >= 11 is 0. The normalized spacial score (nSPS) is 27.5. The van der Waals surface area contributed by atoms with Crippen molar-refractivity contribution in [1.82, 2.24) is 10.2 Å². The summed E-state index contributed by atoms with van der Waals surface area (Å²) < 4.78 is 42.1. The Balaban J connectivity index is 1.97. The minimum atomic E-state index is -4.50. The summed E-state index contributed by atoms with van der Waals surface area (Å²) in [5.41, 5.74) is -2.08. The fourth-order valence-corrected chi connectivity index (χ4v) is 1.82. The monoisotopic (exact) mass is 277 g/mol. The van der Waals surface area contributed by atoms with Gasteiger partial charge in [-0.1, -0.05) is 0 Å². The number of aliphatic hydroxyl groups is 1. The number of nitrogens with one attached hydrogen (secondary N) is 1. The van der Waals surface area contributed by atoms with Crippen LogP contribution >= 0.6 is 0 Å². The molecule has 0 bridgehead atoms. The van der Waals surface area contributed by atoms with Crippen molar-refractivity contribution in [1.29, 1.82) is 0 Å². The minimum Gasteiger partial charge on any atom is -0.385 e. The Morgan fingerprint density at radius 3 is 2.68 bits per heavy atom. The molecule has 1 aromatic rings. The van der Waals surface area contributed by atoms with E-state index in [1.54, 1.807) is 6.92 Å². The van der Waals surface area contributed by atoms with Crippen LogP contribution in [0.2, 0.25) is 0 Å². The molecule has 2 rings (SSSR count). The van der Waals surface area contributed by atoms with Crippen LogP contribution in [0.5, 0.6) is 0 Å². The minimum absolute atomic E-state index is 0.147. The van der Waals surface area contributed by atoms with Crippen LogP contribution in [0.25, 0.3) is 0 Å². The molecule has 5 nitrogen and oxygen atoms in total. The maximum absolute atomic E-state index is 12.3. The fourth-order valence-electron chi connectivity index (χ4n) is 1.82. The number of nitrogens with zero attached hydrogens (tertiary/aromatic N) is 2. The highest BCUT2D eigenvalue weighted by molar-refractivity contribution is 5.34. The molecule has 2 unspecified atom stereocenters. The number of alkyl halides is 3. The average Bonchev–Trinajstić information content (AvgIpc) is 2.67. The lowest BCUT2D eigenvalue weighted by Crippen LogP contribution is -2.43. The Hall–Kier alpha value is -1.41.